The second-order valence-corrected chi connectivity index (χ2v) is 8.57. The summed E-state index contributed by atoms with van der Waals surface area (Å²) >= 11 is 0. The van der Waals surface area contributed by atoms with Crippen LogP contribution in [0.3, 0.4) is 0 Å². The molecule has 0 aliphatic carbocycles. The number of rotatable bonds is 6. The van der Waals surface area contributed by atoms with Gasteiger partial charge in [0.1, 0.15) is 11.3 Å². The summed E-state index contributed by atoms with van der Waals surface area (Å²) in [4.78, 5) is 29.3. The predicted molar refractivity (Wildman–Crippen MR) is 141 cm³/mol. The normalized spacial score (nSPS) is 13.8. The second-order valence-electron chi connectivity index (χ2n) is 8.57. The molecule has 182 valence electrons. The molecule has 2 amide bonds. The fraction of sp³-hybridized carbons (Fsp3) is 0.172. The SMILES string of the molecule is COc1ccc(/C=C/C(=O)Nc2ccc(N3CCN(C(=O)c4cc5ccccc5o4)CC3)cc2)cc1. The van der Waals surface area contributed by atoms with E-state index in [4.69, 9.17) is 9.15 Å². The lowest BCUT2D eigenvalue weighted by Gasteiger charge is -2.35. The first kappa shape index (κ1) is 23.2. The van der Waals surface area contributed by atoms with E-state index in [1.165, 1.54) is 6.08 Å². The quantitative estimate of drug-likeness (QED) is 0.390. The summed E-state index contributed by atoms with van der Waals surface area (Å²) in [5.74, 6) is 0.879. The average molecular weight is 482 g/mol. The third-order valence-corrected chi connectivity index (χ3v) is 6.25. The van der Waals surface area contributed by atoms with Gasteiger partial charge in [-0.15, -0.1) is 0 Å². The topological polar surface area (TPSA) is 75.0 Å². The molecule has 0 bridgehead atoms. The number of piperazine rings is 1. The molecule has 0 saturated carbocycles. The molecular formula is C29H27N3O4. The third-order valence-electron chi connectivity index (χ3n) is 6.25. The van der Waals surface area contributed by atoms with Crippen molar-refractivity contribution in [3.05, 3.63) is 96.3 Å². The van der Waals surface area contributed by atoms with E-state index in [1.54, 1.807) is 13.2 Å². The number of anilines is 2. The van der Waals surface area contributed by atoms with Crippen LogP contribution in [-0.2, 0) is 4.79 Å². The standard InChI is InChI=1S/C29H27N3O4/c1-35-25-13-6-21(7-14-25)8-15-28(33)30-23-9-11-24(12-10-23)31-16-18-32(19-17-31)29(34)27-20-22-4-2-3-5-26(22)36-27/h2-15,20H,16-19H2,1H3,(H,30,33)/b15-8+. The summed E-state index contributed by atoms with van der Waals surface area (Å²) in [6.45, 7) is 2.68. The fourth-order valence-electron chi connectivity index (χ4n) is 4.24. The number of nitrogens with one attached hydrogen (secondary N) is 1. The lowest BCUT2D eigenvalue weighted by molar-refractivity contribution is -0.111. The van der Waals surface area contributed by atoms with Gasteiger partial charge in [-0.25, -0.2) is 0 Å². The number of furan rings is 1. The Kier molecular flexibility index (Phi) is 6.71. The molecule has 7 nitrogen and oxygen atoms in total. The molecule has 0 unspecified atom stereocenters. The van der Waals surface area contributed by atoms with E-state index in [9.17, 15) is 9.59 Å². The van der Waals surface area contributed by atoms with Crippen LogP contribution in [0.15, 0.2) is 89.4 Å². The van der Waals surface area contributed by atoms with Crippen molar-refractivity contribution in [1.82, 2.24) is 4.90 Å². The van der Waals surface area contributed by atoms with E-state index in [0.29, 0.717) is 18.8 Å². The minimum atomic E-state index is -0.198. The molecule has 3 aromatic carbocycles. The Morgan fingerprint density at radius 1 is 0.917 bits per heavy atom. The lowest BCUT2D eigenvalue weighted by atomic mass is 10.2. The van der Waals surface area contributed by atoms with Gasteiger partial charge in [-0.3, -0.25) is 9.59 Å². The first-order valence-electron chi connectivity index (χ1n) is 11.8. The van der Waals surface area contributed by atoms with E-state index in [0.717, 1.165) is 46.7 Å². The Balaban J connectivity index is 1.13. The molecular weight excluding hydrogens is 454 g/mol. The maximum Gasteiger partial charge on any atom is 0.289 e. The molecule has 0 spiro atoms. The van der Waals surface area contributed by atoms with Crippen LogP contribution in [0.2, 0.25) is 0 Å². The van der Waals surface area contributed by atoms with Gasteiger partial charge in [0.2, 0.25) is 5.91 Å². The van der Waals surface area contributed by atoms with E-state index in [1.807, 2.05) is 83.8 Å². The minimum Gasteiger partial charge on any atom is -0.497 e. The van der Waals surface area contributed by atoms with Crippen LogP contribution in [0.1, 0.15) is 16.1 Å². The molecule has 4 aromatic rings. The number of hydrogen-bond acceptors (Lipinski definition) is 5. The van der Waals surface area contributed by atoms with Crippen molar-refractivity contribution in [1.29, 1.82) is 0 Å². The third kappa shape index (κ3) is 5.25. The van der Waals surface area contributed by atoms with Gasteiger partial charge in [-0.1, -0.05) is 30.3 Å². The number of hydrogen-bond donors (Lipinski definition) is 1. The van der Waals surface area contributed by atoms with Gasteiger partial charge < -0.3 is 24.3 Å². The van der Waals surface area contributed by atoms with E-state index >= 15 is 0 Å². The predicted octanol–water partition coefficient (Wildman–Crippen LogP) is 5.06. The van der Waals surface area contributed by atoms with Crippen molar-refractivity contribution in [2.24, 2.45) is 0 Å². The van der Waals surface area contributed by atoms with Gasteiger partial charge in [0, 0.05) is 49.0 Å². The molecule has 0 radical (unpaired) electrons. The van der Waals surface area contributed by atoms with Crippen LogP contribution in [0.4, 0.5) is 11.4 Å². The average Bonchev–Trinajstić information content (AvgIpc) is 3.37. The Morgan fingerprint density at radius 2 is 1.64 bits per heavy atom. The molecule has 1 aliphatic rings. The van der Waals surface area contributed by atoms with Crippen LogP contribution >= 0.6 is 0 Å². The number of carbonyl (C=O) groups is 2. The number of para-hydroxylation sites is 1. The molecule has 1 aromatic heterocycles. The van der Waals surface area contributed by atoms with Gasteiger partial charge in [-0.05, 0) is 60.2 Å². The van der Waals surface area contributed by atoms with Crippen LogP contribution < -0.4 is 15.0 Å². The number of fused-ring (bicyclic) bond motifs is 1. The smallest absolute Gasteiger partial charge is 0.289 e. The molecule has 1 saturated heterocycles. The van der Waals surface area contributed by atoms with E-state index in [-0.39, 0.29) is 11.8 Å². The lowest BCUT2D eigenvalue weighted by Crippen LogP contribution is -2.48. The second kappa shape index (κ2) is 10.4. The maximum absolute atomic E-state index is 12.9. The first-order valence-corrected chi connectivity index (χ1v) is 11.8. The van der Waals surface area contributed by atoms with Crippen LogP contribution in [0.5, 0.6) is 5.75 Å². The first-order chi connectivity index (χ1) is 17.6. The van der Waals surface area contributed by atoms with E-state index in [2.05, 4.69) is 10.2 Å². The van der Waals surface area contributed by atoms with Gasteiger partial charge in [0.05, 0.1) is 7.11 Å². The Morgan fingerprint density at radius 3 is 2.33 bits per heavy atom. The number of amides is 2. The zero-order valence-electron chi connectivity index (χ0n) is 20.0. The Labute approximate surface area is 209 Å². The summed E-state index contributed by atoms with van der Waals surface area (Å²) in [5, 5.41) is 3.82. The number of ether oxygens (including phenoxy) is 1. The van der Waals surface area contributed by atoms with Crippen molar-refractivity contribution >= 4 is 40.2 Å². The number of benzene rings is 3. The summed E-state index contributed by atoms with van der Waals surface area (Å²) in [7, 11) is 1.62. The number of methoxy groups -OCH3 is 1. The van der Waals surface area contributed by atoms with Gasteiger partial charge in [0.15, 0.2) is 5.76 Å². The summed E-state index contributed by atoms with van der Waals surface area (Å²) in [6.07, 6.45) is 3.27. The Bertz CT molecular complexity index is 1350. The summed E-state index contributed by atoms with van der Waals surface area (Å²) in [5.41, 5.74) is 3.42. The molecule has 2 heterocycles. The fourth-order valence-corrected chi connectivity index (χ4v) is 4.24. The molecule has 5 rings (SSSR count). The number of carbonyl (C=O) groups excluding carboxylic acids is 2. The highest BCUT2D eigenvalue weighted by molar-refractivity contribution is 6.02. The van der Waals surface area contributed by atoms with E-state index < -0.39 is 0 Å². The zero-order valence-corrected chi connectivity index (χ0v) is 20.0. The largest absolute Gasteiger partial charge is 0.497 e. The number of nitrogens with zero attached hydrogens (tertiary/aromatic N) is 2. The highest BCUT2D eigenvalue weighted by Crippen LogP contribution is 2.23. The molecule has 36 heavy (non-hydrogen) atoms. The van der Waals surface area contributed by atoms with Gasteiger partial charge >= 0.3 is 0 Å². The van der Waals surface area contributed by atoms with Crippen molar-refractivity contribution in [2.45, 2.75) is 0 Å². The van der Waals surface area contributed by atoms with Crippen LogP contribution in [0, 0.1) is 0 Å². The van der Waals surface area contributed by atoms with Gasteiger partial charge in [-0.2, -0.15) is 0 Å². The zero-order chi connectivity index (χ0) is 24.9. The highest BCUT2D eigenvalue weighted by Gasteiger charge is 2.24. The van der Waals surface area contributed by atoms with Crippen LogP contribution in [-0.4, -0.2) is 50.0 Å². The highest BCUT2D eigenvalue weighted by atomic mass is 16.5. The summed E-state index contributed by atoms with van der Waals surface area (Å²) < 4.78 is 10.9. The van der Waals surface area contributed by atoms with Crippen molar-refractivity contribution < 1.29 is 18.7 Å². The Hall–Kier alpha value is -4.52. The molecule has 1 aliphatic heterocycles. The van der Waals surface area contributed by atoms with Crippen molar-refractivity contribution in [2.75, 3.05) is 43.5 Å². The molecule has 1 fully saturated rings. The minimum absolute atomic E-state index is 0.0772. The van der Waals surface area contributed by atoms with Crippen LogP contribution in [0.25, 0.3) is 17.0 Å². The molecule has 0 atom stereocenters. The molecule has 1 N–H and O–H groups in total. The monoisotopic (exact) mass is 481 g/mol. The maximum atomic E-state index is 12.9. The summed E-state index contributed by atoms with van der Waals surface area (Å²) in [6, 6.07) is 24.7. The van der Waals surface area contributed by atoms with Gasteiger partial charge in [0.25, 0.3) is 5.91 Å². The van der Waals surface area contributed by atoms with Crippen molar-refractivity contribution in [3.63, 3.8) is 0 Å². The van der Waals surface area contributed by atoms with Crippen molar-refractivity contribution in [3.8, 4) is 5.75 Å². The molecule has 7 heteroatoms.